The van der Waals surface area contributed by atoms with Crippen molar-refractivity contribution in [2.75, 3.05) is 7.05 Å². The number of nitrogens with one attached hydrogen (secondary N) is 1. The van der Waals surface area contributed by atoms with Gasteiger partial charge in [0.25, 0.3) is 17.7 Å². The Morgan fingerprint density at radius 3 is 2.56 bits per heavy atom. The number of hydrogen-bond acceptors (Lipinski definition) is 3. The van der Waals surface area contributed by atoms with Crippen molar-refractivity contribution in [2.24, 2.45) is 0 Å². The number of nitrogens with zero attached hydrogens (tertiary/aromatic N) is 1. The molecular formula is C19H17ClN2O3. The van der Waals surface area contributed by atoms with Gasteiger partial charge in [0.2, 0.25) is 0 Å². The molecule has 1 aliphatic heterocycles. The van der Waals surface area contributed by atoms with Gasteiger partial charge >= 0.3 is 0 Å². The molecule has 0 aromatic heterocycles. The first-order valence-corrected chi connectivity index (χ1v) is 8.26. The zero-order valence-electron chi connectivity index (χ0n) is 13.9. The number of carbonyl (C=O) groups is 3. The molecule has 1 aliphatic rings. The van der Waals surface area contributed by atoms with Crippen LogP contribution in [0.1, 0.15) is 43.6 Å². The van der Waals surface area contributed by atoms with Crippen molar-refractivity contribution in [2.45, 2.75) is 19.4 Å². The van der Waals surface area contributed by atoms with E-state index in [1.54, 1.807) is 12.1 Å². The second-order valence-corrected chi connectivity index (χ2v) is 6.57. The number of imide groups is 1. The van der Waals surface area contributed by atoms with Gasteiger partial charge in [0.1, 0.15) is 0 Å². The molecule has 6 heteroatoms. The van der Waals surface area contributed by atoms with Crippen LogP contribution in [0.15, 0.2) is 42.5 Å². The van der Waals surface area contributed by atoms with Crippen LogP contribution in [0.25, 0.3) is 0 Å². The molecule has 2 aromatic rings. The van der Waals surface area contributed by atoms with Crippen molar-refractivity contribution in [1.29, 1.82) is 0 Å². The normalized spacial score (nSPS) is 14.4. The lowest BCUT2D eigenvalue weighted by molar-refractivity contribution is 0.0693. The molecule has 0 saturated heterocycles. The van der Waals surface area contributed by atoms with Crippen molar-refractivity contribution in [1.82, 2.24) is 10.2 Å². The predicted octanol–water partition coefficient (Wildman–Crippen LogP) is 2.93. The molecular weight excluding hydrogens is 340 g/mol. The zero-order chi connectivity index (χ0) is 18.1. The SMILES string of the molecule is CC(Cc1cccc(Cl)c1)NC(=O)c1ccc2c(c1)C(=O)N(C)C2=O. The molecule has 1 heterocycles. The van der Waals surface area contributed by atoms with E-state index in [9.17, 15) is 14.4 Å². The Hall–Kier alpha value is -2.66. The number of amides is 3. The largest absolute Gasteiger partial charge is 0.349 e. The lowest BCUT2D eigenvalue weighted by Gasteiger charge is -2.14. The number of fused-ring (bicyclic) bond motifs is 1. The number of carbonyl (C=O) groups excluding carboxylic acids is 3. The summed E-state index contributed by atoms with van der Waals surface area (Å²) in [5.74, 6) is -1.02. The van der Waals surface area contributed by atoms with Crippen molar-refractivity contribution in [3.8, 4) is 0 Å². The standard InChI is InChI=1S/C19H17ClN2O3/c1-11(8-12-4-3-5-14(20)9-12)21-17(23)13-6-7-15-16(10-13)19(25)22(2)18(15)24/h3-7,9-11H,8H2,1-2H3,(H,21,23). The molecule has 0 fully saturated rings. The van der Waals surface area contributed by atoms with Crippen LogP contribution in [-0.2, 0) is 6.42 Å². The number of hydrogen-bond donors (Lipinski definition) is 1. The van der Waals surface area contributed by atoms with Gasteiger partial charge in [-0.1, -0.05) is 23.7 Å². The van der Waals surface area contributed by atoms with Crippen LogP contribution >= 0.6 is 11.6 Å². The van der Waals surface area contributed by atoms with Crippen molar-refractivity contribution in [3.63, 3.8) is 0 Å². The smallest absolute Gasteiger partial charge is 0.261 e. The molecule has 2 aromatic carbocycles. The molecule has 0 radical (unpaired) electrons. The first kappa shape index (κ1) is 17.2. The second kappa shape index (κ2) is 6.69. The lowest BCUT2D eigenvalue weighted by Crippen LogP contribution is -2.34. The molecule has 5 nitrogen and oxygen atoms in total. The van der Waals surface area contributed by atoms with Gasteiger partial charge in [0.15, 0.2) is 0 Å². The number of rotatable bonds is 4. The first-order chi connectivity index (χ1) is 11.9. The third-order valence-corrected chi connectivity index (χ3v) is 4.40. The minimum absolute atomic E-state index is 0.112. The van der Waals surface area contributed by atoms with E-state index in [1.165, 1.54) is 19.2 Å². The van der Waals surface area contributed by atoms with Gasteiger partial charge in [-0.25, -0.2) is 0 Å². The van der Waals surface area contributed by atoms with Gasteiger partial charge < -0.3 is 5.32 Å². The third-order valence-electron chi connectivity index (χ3n) is 4.16. The summed E-state index contributed by atoms with van der Waals surface area (Å²) in [6.45, 7) is 1.90. The fraction of sp³-hybridized carbons (Fsp3) is 0.211. The number of halogens is 1. The quantitative estimate of drug-likeness (QED) is 0.856. The Balaban J connectivity index is 1.72. The predicted molar refractivity (Wildman–Crippen MR) is 95.0 cm³/mol. The summed E-state index contributed by atoms with van der Waals surface area (Å²) in [7, 11) is 1.43. The maximum atomic E-state index is 12.4. The summed E-state index contributed by atoms with van der Waals surface area (Å²) in [6, 6.07) is 11.9. The average molecular weight is 357 g/mol. The van der Waals surface area contributed by atoms with Crippen LogP contribution in [0.3, 0.4) is 0 Å². The van der Waals surface area contributed by atoms with Crippen molar-refractivity contribution >= 4 is 29.3 Å². The minimum atomic E-state index is -0.387. The van der Waals surface area contributed by atoms with Crippen molar-refractivity contribution < 1.29 is 14.4 Å². The van der Waals surface area contributed by atoms with E-state index in [4.69, 9.17) is 11.6 Å². The van der Waals surface area contributed by atoms with E-state index in [1.807, 2.05) is 25.1 Å². The van der Waals surface area contributed by atoms with Gasteiger partial charge in [-0.3, -0.25) is 19.3 Å². The Labute approximate surface area is 150 Å². The van der Waals surface area contributed by atoms with Gasteiger partial charge in [-0.15, -0.1) is 0 Å². The molecule has 1 unspecified atom stereocenters. The second-order valence-electron chi connectivity index (χ2n) is 6.14. The summed E-state index contributed by atoms with van der Waals surface area (Å²) < 4.78 is 0. The molecule has 1 N–H and O–H groups in total. The maximum Gasteiger partial charge on any atom is 0.261 e. The van der Waals surface area contributed by atoms with Crippen molar-refractivity contribution in [3.05, 3.63) is 69.7 Å². The Bertz CT molecular complexity index is 879. The molecule has 0 saturated carbocycles. The van der Waals surface area contributed by atoms with E-state index < -0.39 is 0 Å². The zero-order valence-corrected chi connectivity index (χ0v) is 14.6. The Kier molecular flexibility index (Phi) is 4.59. The van der Waals surface area contributed by atoms with Crippen LogP contribution in [0.4, 0.5) is 0 Å². The molecule has 3 rings (SSSR count). The molecule has 0 aliphatic carbocycles. The third kappa shape index (κ3) is 3.42. The van der Waals surface area contributed by atoms with Crippen LogP contribution in [0.5, 0.6) is 0 Å². The average Bonchev–Trinajstić information content (AvgIpc) is 2.79. The lowest BCUT2D eigenvalue weighted by atomic mass is 10.0. The molecule has 0 bridgehead atoms. The van der Waals surface area contributed by atoms with Gasteiger partial charge in [0, 0.05) is 23.7 Å². The number of benzene rings is 2. The highest BCUT2D eigenvalue weighted by atomic mass is 35.5. The monoisotopic (exact) mass is 356 g/mol. The summed E-state index contributed by atoms with van der Waals surface area (Å²) >= 11 is 5.97. The van der Waals surface area contributed by atoms with Crippen LogP contribution in [0.2, 0.25) is 5.02 Å². The Morgan fingerprint density at radius 1 is 1.12 bits per heavy atom. The van der Waals surface area contributed by atoms with E-state index in [0.29, 0.717) is 22.6 Å². The maximum absolute atomic E-state index is 12.4. The highest BCUT2D eigenvalue weighted by molar-refractivity contribution is 6.30. The molecule has 128 valence electrons. The first-order valence-electron chi connectivity index (χ1n) is 7.88. The van der Waals surface area contributed by atoms with E-state index in [0.717, 1.165) is 10.5 Å². The van der Waals surface area contributed by atoms with E-state index >= 15 is 0 Å². The van der Waals surface area contributed by atoms with E-state index in [2.05, 4.69) is 5.32 Å². The van der Waals surface area contributed by atoms with Crippen LogP contribution in [0, 0.1) is 0 Å². The molecule has 25 heavy (non-hydrogen) atoms. The van der Waals surface area contributed by atoms with Crippen LogP contribution in [-0.4, -0.2) is 35.7 Å². The molecule has 0 spiro atoms. The fourth-order valence-corrected chi connectivity index (χ4v) is 3.09. The highest BCUT2D eigenvalue weighted by Gasteiger charge is 2.33. The van der Waals surface area contributed by atoms with E-state index in [-0.39, 0.29) is 29.3 Å². The topological polar surface area (TPSA) is 66.5 Å². The summed E-state index contributed by atoms with van der Waals surface area (Å²) in [6.07, 6.45) is 0.636. The summed E-state index contributed by atoms with van der Waals surface area (Å²) in [5, 5.41) is 3.56. The summed E-state index contributed by atoms with van der Waals surface area (Å²) in [5.41, 5.74) is 1.98. The fourth-order valence-electron chi connectivity index (χ4n) is 2.88. The molecule has 3 amide bonds. The van der Waals surface area contributed by atoms with Gasteiger partial charge in [-0.2, -0.15) is 0 Å². The summed E-state index contributed by atoms with van der Waals surface area (Å²) in [4.78, 5) is 37.4. The van der Waals surface area contributed by atoms with Gasteiger partial charge in [-0.05, 0) is 49.2 Å². The van der Waals surface area contributed by atoms with Gasteiger partial charge in [0.05, 0.1) is 11.1 Å². The minimum Gasteiger partial charge on any atom is -0.349 e. The highest BCUT2D eigenvalue weighted by Crippen LogP contribution is 2.22. The Morgan fingerprint density at radius 2 is 1.84 bits per heavy atom. The van der Waals surface area contributed by atoms with Crippen LogP contribution < -0.4 is 5.32 Å². The molecule has 1 atom stereocenters.